The van der Waals surface area contributed by atoms with Crippen molar-refractivity contribution in [3.8, 4) is 0 Å². The van der Waals surface area contributed by atoms with Crippen molar-refractivity contribution in [1.82, 2.24) is 4.90 Å². The van der Waals surface area contributed by atoms with Crippen LogP contribution in [0.3, 0.4) is 0 Å². The normalized spacial score (nSPS) is 11.7. The molecule has 0 aromatic heterocycles. The van der Waals surface area contributed by atoms with Crippen molar-refractivity contribution in [1.29, 1.82) is 0 Å². The van der Waals surface area contributed by atoms with Gasteiger partial charge in [-0.1, -0.05) is 45.2 Å². The second kappa shape index (κ2) is 8.82. The van der Waals surface area contributed by atoms with Crippen LogP contribution in [0.25, 0.3) is 0 Å². The van der Waals surface area contributed by atoms with Gasteiger partial charge in [-0.2, -0.15) is 0 Å². The lowest BCUT2D eigenvalue weighted by molar-refractivity contribution is 0.119. The van der Waals surface area contributed by atoms with Gasteiger partial charge in [0.1, 0.15) is 0 Å². The van der Waals surface area contributed by atoms with Crippen molar-refractivity contribution in [2.75, 3.05) is 45.2 Å². The molecule has 0 fully saturated rings. The van der Waals surface area contributed by atoms with Gasteiger partial charge in [-0.3, -0.25) is 0 Å². The van der Waals surface area contributed by atoms with Crippen LogP contribution in [0.1, 0.15) is 38.7 Å². The smallest absolute Gasteiger partial charge is 0.0796 e. The molecule has 0 aliphatic carbocycles. The van der Waals surface area contributed by atoms with Crippen molar-refractivity contribution < 1.29 is 4.74 Å². The summed E-state index contributed by atoms with van der Waals surface area (Å²) in [6, 6.07) is 0. The van der Waals surface area contributed by atoms with Crippen molar-refractivity contribution in [3.63, 3.8) is 0 Å². The maximum Gasteiger partial charge on any atom is 0.0796 e. The minimum atomic E-state index is 0.431. The zero-order valence-corrected chi connectivity index (χ0v) is 14.6. The topological polar surface area (TPSA) is 24.5 Å². The Balaban J connectivity index is 2.21. The van der Waals surface area contributed by atoms with Crippen molar-refractivity contribution in [2.45, 2.75) is 33.1 Å². The van der Waals surface area contributed by atoms with E-state index in [0.717, 1.165) is 40.9 Å². The fourth-order valence-electron chi connectivity index (χ4n) is 2.20. The van der Waals surface area contributed by atoms with Gasteiger partial charge in [0.05, 0.1) is 27.9 Å². The third-order valence-electron chi connectivity index (χ3n) is 3.30. The van der Waals surface area contributed by atoms with Crippen LogP contribution in [0, 0.1) is 9.02 Å². The first-order valence-corrected chi connectivity index (χ1v) is 8.14. The Labute approximate surface area is 133 Å². The minimum Gasteiger partial charge on any atom is -0.381 e. The van der Waals surface area contributed by atoms with Crippen LogP contribution >= 0.6 is 24.4 Å². The van der Waals surface area contributed by atoms with Gasteiger partial charge < -0.3 is 15.0 Å². The molecule has 0 unspecified atom stereocenters. The van der Waals surface area contributed by atoms with E-state index in [2.05, 4.69) is 38.0 Å². The molecule has 5 heteroatoms. The molecule has 0 bridgehead atoms. The molecule has 0 heterocycles. The summed E-state index contributed by atoms with van der Waals surface area (Å²) in [6.45, 7) is 10.8. The molecular formula is C15H26N2OS2. The standard InChI is InChI=1S/C15H26N2OS2/c1-5-7-17(4)8-10-18-9-6-16-13-12(11(2)3)14(19)15(13)20/h11,16H,5-10H2,1-4H3. The van der Waals surface area contributed by atoms with Gasteiger partial charge in [0.2, 0.25) is 0 Å². The molecule has 114 valence electrons. The molecule has 0 atom stereocenters. The first-order valence-electron chi connectivity index (χ1n) is 7.32. The van der Waals surface area contributed by atoms with Crippen LogP contribution in [0.2, 0.25) is 0 Å². The predicted molar refractivity (Wildman–Crippen MR) is 91.7 cm³/mol. The van der Waals surface area contributed by atoms with Gasteiger partial charge in [0.15, 0.2) is 0 Å². The van der Waals surface area contributed by atoms with Crippen LogP contribution in [0.4, 0.5) is 5.69 Å². The van der Waals surface area contributed by atoms with E-state index in [4.69, 9.17) is 29.2 Å². The van der Waals surface area contributed by atoms with Crippen LogP contribution in [0.5, 0.6) is 0 Å². The van der Waals surface area contributed by atoms with E-state index >= 15 is 0 Å². The number of nitrogens with zero attached hydrogens (tertiary/aromatic N) is 1. The molecule has 20 heavy (non-hydrogen) atoms. The third kappa shape index (κ3) is 4.88. The highest BCUT2D eigenvalue weighted by molar-refractivity contribution is 7.74. The lowest BCUT2D eigenvalue weighted by Crippen LogP contribution is -2.25. The molecule has 0 aliphatic rings. The SMILES string of the molecule is CCCN(C)CCOCCNc1c(C(C)C)c(=S)c1=S. The number of nitrogens with one attached hydrogen (secondary N) is 1. The summed E-state index contributed by atoms with van der Waals surface area (Å²) < 4.78 is 7.30. The molecule has 0 aliphatic heterocycles. The Hall–Kier alpha value is -0.360. The first kappa shape index (κ1) is 17.7. The maximum atomic E-state index is 5.62. The average molecular weight is 315 g/mol. The quantitative estimate of drug-likeness (QED) is 0.521. The molecular weight excluding hydrogens is 288 g/mol. The summed E-state index contributed by atoms with van der Waals surface area (Å²) in [5, 5.41) is 3.36. The zero-order chi connectivity index (χ0) is 15.1. The Bertz CT molecular complexity index is 478. The van der Waals surface area contributed by atoms with Gasteiger partial charge in [-0.15, -0.1) is 0 Å². The number of hydrogen-bond donors (Lipinski definition) is 1. The monoisotopic (exact) mass is 314 g/mol. The van der Waals surface area contributed by atoms with Crippen LogP contribution < -0.4 is 5.32 Å². The number of hydrogen-bond acceptors (Lipinski definition) is 5. The molecule has 1 rings (SSSR count). The second-order valence-electron chi connectivity index (χ2n) is 5.44. The first-order chi connectivity index (χ1) is 9.49. The van der Waals surface area contributed by atoms with Gasteiger partial charge >= 0.3 is 0 Å². The van der Waals surface area contributed by atoms with E-state index < -0.39 is 0 Å². The molecule has 1 aromatic rings. The number of likely N-dealkylation sites (N-methyl/N-ethyl adjacent to an activating group) is 1. The lowest BCUT2D eigenvalue weighted by atomic mass is 9.97. The number of anilines is 1. The maximum absolute atomic E-state index is 5.62. The molecule has 0 spiro atoms. The Morgan fingerprint density at radius 2 is 1.85 bits per heavy atom. The highest BCUT2D eigenvalue weighted by atomic mass is 32.1. The average Bonchev–Trinajstić information content (AvgIpc) is 2.40. The highest BCUT2D eigenvalue weighted by Gasteiger charge is 2.16. The summed E-state index contributed by atoms with van der Waals surface area (Å²) in [7, 11) is 2.12. The van der Waals surface area contributed by atoms with Crippen molar-refractivity contribution in [3.05, 3.63) is 14.6 Å². The van der Waals surface area contributed by atoms with Crippen LogP contribution in [-0.4, -0.2) is 44.8 Å². The number of rotatable bonds is 10. The van der Waals surface area contributed by atoms with E-state index in [9.17, 15) is 0 Å². The Morgan fingerprint density at radius 1 is 1.15 bits per heavy atom. The summed E-state index contributed by atoms with van der Waals surface area (Å²) in [5.74, 6) is 0.431. The molecule has 0 amide bonds. The Morgan fingerprint density at radius 3 is 2.45 bits per heavy atom. The van der Waals surface area contributed by atoms with Gasteiger partial charge in [0.25, 0.3) is 0 Å². The lowest BCUT2D eigenvalue weighted by Gasteiger charge is -2.19. The van der Waals surface area contributed by atoms with E-state index in [1.54, 1.807) is 0 Å². The fourth-order valence-corrected chi connectivity index (χ4v) is 2.93. The zero-order valence-electron chi connectivity index (χ0n) is 13.0. The second-order valence-corrected chi connectivity index (χ2v) is 6.26. The summed E-state index contributed by atoms with van der Waals surface area (Å²) in [5.41, 5.74) is 2.26. The van der Waals surface area contributed by atoms with Gasteiger partial charge in [-0.05, 0) is 31.5 Å². The van der Waals surface area contributed by atoms with Crippen molar-refractivity contribution >= 4 is 30.1 Å². The molecule has 0 saturated heterocycles. The largest absolute Gasteiger partial charge is 0.381 e. The van der Waals surface area contributed by atoms with E-state index in [0.29, 0.717) is 12.5 Å². The van der Waals surface area contributed by atoms with Gasteiger partial charge in [0, 0.05) is 13.1 Å². The third-order valence-corrected chi connectivity index (χ3v) is 4.26. The van der Waals surface area contributed by atoms with Crippen molar-refractivity contribution in [2.24, 2.45) is 0 Å². The minimum absolute atomic E-state index is 0.431. The van der Waals surface area contributed by atoms with E-state index in [1.165, 1.54) is 12.0 Å². The number of ether oxygens (including phenoxy) is 1. The Kier molecular flexibility index (Phi) is 7.80. The fraction of sp³-hybridized carbons (Fsp3) is 0.733. The molecule has 0 saturated carbocycles. The predicted octanol–water partition coefficient (Wildman–Crippen LogP) is 3.91. The highest BCUT2D eigenvalue weighted by Crippen LogP contribution is 2.32. The molecule has 3 nitrogen and oxygen atoms in total. The van der Waals surface area contributed by atoms with Crippen LogP contribution in [0.15, 0.2) is 0 Å². The van der Waals surface area contributed by atoms with Crippen LogP contribution in [-0.2, 0) is 4.74 Å². The van der Waals surface area contributed by atoms with E-state index in [-0.39, 0.29) is 0 Å². The molecule has 1 aromatic carbocycles. The molecule has 0 radical (unpaired) electrons. The van der Waals surface area contributed by atoms with E-state index in [1.807, 2.05) is 0 Å². The summed E-state index contributed by atoms with van der Waals surface area (Å²) >= 11 is 10.6. The summed E-state index contributed by atoms with van der Waals surface area (Å²) in [6.07, 6.45) is 1.18. The molecule has 1 N–H and O–H groups in total. The van der Waals surface area contributed by atoms with Gasteiger partial charge in [-0.25, -0.2) is 0 Å². The summed E-state index contributed by atoms with van der Waals surface area (Å²) in [4.78, 5) is 2.28.